The molecule has 0 spiro atoms. The lowest BCUT2D eigenvalue weighted by Crippen LogP contribution is -2.35. The molecule has 0 unspecified atom stereocenters. The van der Waals surface area contributed by atoms with Gasteiger partial charge in [0, 0.05) is 37.6 Å². The summed E-state index contributed by atoms with van der Waals surface area (Å²) in [5.41, 5.74) is 1.17. The Bertz CT molecular complexity index is 1130. The van der Waals surface area contributed by atoms with Gasteiger partial charge in [-0.3, -0.25) is 4.90 Å². The fourth-order valence-electron chi connectivity index (χ4n) is 3.55. The van der Waals surface area contributed by atoms with Crippen LogP contribution in [0.2, 0.25) is 0 Å². The first kappa shape index (κ1) is 18.9. The summed E-state index contributed by atoms with van der Waals surface area (Å²) in [6, 6.07) is 17.7. The molecule has 1 aromatic heterocycles. The third-order valence-electron chi connectivity index (χ3n) is 5.03. The Morgan fingerprint density at radius 2 is 1.71 bits per heavy atom. The van der Waals surface area contributed by atoms with Crippen LogP contribution in [0.25, 0.3) is 11.0 Å². The van der Waals surface area contributed by atoms with E-state index < -0.39 is 15.6 Å². The van der Waals surface area contributed by atoms with Crippen molar-refractivity contribution in [1.29, 1.82) is 0 Å². The molecule has 2 heterocycles. The Balaban J connectivity index is 1.51. The zero-order chi connectivity index (χ0) is 19.6. The van der Waals surface area contributed by atoms with E-state index in [0.717, 1.165) is 19.5 Å². The molecule has 28 heavy (non-hydrogen) atoms. The quantitative estimate of drug-likeness (QED) is 0.632. The van der Waals surface area contributed by atoms with E-state index in [1.54, 1.807) is 22.5 Å². The molecule has 1 fully saturated rings. The van der Waals surface area contributed by atoms with Gasteiger partial charge in [0.1, 0.15) is 5.58 Å². The van der Waals surface area contributed by atoms with Crippen molar-refractivity contribution in [2.24, 2.45) is 0 Å². The second-order valence-electron chi connectivity index (χ2n) is 6.97. The molecule has 1 saturated heterocycles. The molecule has 146 valence electrons. The van der Waals surface area contributed by atoms with Crippen LogP contribution in [-0.4, -0.2) is 43.8 Å². The SMILES string of the molecule is O=c1ccc2cc(S(=O)(=O)N3CCCN(Cc4ccccc4)CC3)ccc2o1. The van der Waals surface area contributed by atoms with Crippen molar-refractivity contribution in [1.82, 2.24) is 9.21 Å². The summed E-state index contributed by atoms with van der Waals surface area (Å²) in [6.45, 7) is 3.33. The number of sulfonamides is 1. The van der Waals surface area contributed by atoms with Crippen LogP contribution in [0.1, 0.15) is 12.0 Å². The number of benzene rings is 2. The van der Waals surface area contributed by atoms with E-state index in [1.165, 1.54) is 17.7 Å². The second-order valence-corrected chi connectivity index (χ2v) is 8.91. The van der Waals surface area contributed by atoms with Gasteiger partial charge >= 0.3 is 5.63 Å². The Morgan fingerprint density at radius 3 is 2.54 bits per heavy atom. The number of hydrogen-bond donors (Lipinski definition) is 0. The molecule has 0 bridgehead atoms. The number of fused-ring (bicyclic) bond motifs is 1. The fraction of sp³-hybridized carbons (Fsp3) is 0.286. The predicted octanol–water partition coefficient (Wildman–Crippen LogP) is 2.69. The highest BCUT2D eigenvalue weighted by molar-refractivity contribution is 7.89. The van der Waals surface area contributed by atoms with E-state index >= 15 is 0 Å². The summed E-state index contributed by atoms with van der Waals surface area (Å²) in [7, 11) is -3.60. The predicted molar refractivity (Wildman–Crippen MR) is 108 cm³/mol. The Hall–Kier alpha value is -2.48. The van der Waals surface area contributed by atoms with Gasteiger partial charge in [-0.1, -0.05) is 30.3 Å². The van der Waals surface area contributed by atoms with Crippen molar-refractivity contribution in [2.45, 2.75) is 17.9 Å². The number of rotatable bonds is 4. The van der Waals surface area contributed by atoms with Gasteiger partial charge in [-0.2, -0.15) is 4.31 Å². The van der Waals surface area contributed by atoms with Gasteiger partial charge in [-0.25, -0.2) is 13.2 Å². The molecule has 6 nitrogen and oxygen atoms in total. The van der Waals surface area contributed by atoms with Crippen LogP contribution in [0.4, 0.5) is 0 Å². The third kappa shape index (κ3) is 4.01. The van der Waals surface area contributed by atoms with Gasteiger partial charge in [-0.15, -0.1) is 0 Å². The molecule has 1 aliphatic rings. The first-order chi connectivity index (χ1) is 13.5. The zero-order valence-electron chi connectivity index (χ0n) is 15.5. The number of hydrogen-bond acceptors (Lipinski definition) is 5. The van der Waals surface area contributed by atoms with Crippen LogP contribution in [0, 0.1) is 0 Å². The highest BCUT2D eigenvalue weighted by Gasteiger charge is 2.27. The minimum Gasteiger partial charge on any atom is -0.423 e. The van der Waals surface area contributed by atoms with E-state index in [0.29, 0.717) is 30.6 Å². The lowest BCUT2D eigenvalue weighted by molar-refractivity contribution is 0.278. The first-order valence-corrected chi connectivity index (χ1v) is 10.8. The van der Waals surface area contributed by atoms with Crippen molar-refractivity contribution in [3.8, 4) is 0 Å². The van der Waals surface area contributed by atoms with Crippen LogP contribution in [0.15, 0.2) is 74.8 Å². The molecule has 0 radical (unpaired) electrons. The topological polar surface area (TPSA) is 70.8 Å². The zero-order valence-corrected chi connectivity index (χ0v) is 16.3. The highest BCUT2D eigenvalue weighted by Crippen LogP contribution is 2.22. The molecule has 0 atom stereocenters. The van der Waals surface area contributed by atoms with E-state index in [2.05, 4.69) is 17.0 Å². The standard InChI is InChI=1S/C21H22N2O4S/c24-21-10-7-18-15-19(8-9-20(18)27-21)28(25,26)23-12-4-11-22(13-14-23)16-17-5-2-1-3-6-17/h1-3,5-10,15H,4,11-14,16H2. The van der Waals surface area contributed by atoms with Gasteiger partial charge in [0.15, 0.2) is 0 Å². The van der Waals surface area contributed by atoms with Gasteiger partial charge in [0.25, 0.3) is 0 Å². The fourth-order valence-corrected chi connectivity index (χ4v) is 5.05. The molecular weight excluding hydrogens is 376 g/mol. The van der Waals surface area contributed by atoms with E-state index in [1.807, 2.05) is 18.2 Å². The average Bonchev–Trinajstić information content (AvgIpc) is 2.94. The Morgan fingerprint density at radius 1 is 0.893 bits per heavy atom. The molecule has 0 aliphatic carbocycles. The van der Waals surface area contributed by atoms with Gasteiger partial charge in [0.2, 0.25) is 10.0 Å². The first-order valence-electron chi connectivity index (χ1n) is 9.33. The minimum atomic E-state index is -3.60. The second kappa shape index (κ2) is 7.87. The molecule has 2 aromatic carbocycles. The molecule has 0 amide bonds. The summed E-state index contributed by atoms with van der Waals surface area (Å²) < 4.78 is 32.9. The van der Waals surface area contributed by atoms with E-state index in [4.69, 9.17) is 4.42 Å². The maximum Gasteiger partial charge on any atom is 0.336 e. The molecule has 0 saturated carbocycles. The molecule has 0 N–H and O–H groups in total. The van der Waals surface area contributed by atoms with Crippen molar-refractivity contribution in [2.75, 3.05) is 26.2 Å². The molecular formula is C21H22N2O4S. The van der Waals surface area contributed by atoms with Crippen LogP contribution >= 0.6 is 0 Å². The smallest absolute Gasteiger partial charge is 0.336 e. The normalized spacial score (nSPS) is 16.9. The third-order valence-corrected chi connectivity index (χ3v) is 6.92. The summed E-state index contributed by atoms with van der Waals surface area (Å²) in [4.78, 5) is 13.8. The van der Waals surface area contributed by atoms with E-state index in [9.17, 15) is 13.2 Å². The van der Waals surface area contributed by atoms with Crippen molar-refractivity contribution >= 4 is 21.0 Å². The van der Waals surface area contributed by atoms with Gasteiger partial charge in [0.05, 0.1) is 4.90 Å². The van der Waals surface area contributed by atoms with Crippen LogP contribution in [-0.2, 0) is 16.6 Å². The lowest BCUT2D eigenvalue weighted by Gasteiger charge is -2.22. The summed E-state index contributed by atoms with van der Waals surface area (Å²) in [5, 5.41) is 0.598. The van der Waals surface area contributed by atoms with E-state index in [-0.39, 0.29) is 4.90 Å². The monoisotopic (exact) mass is 398 g/mol. The summed E-state index contributed by atoms with van der Waals surface area (Å²) >= 11 is 0. The van der Waals surface area contributed by atoms with Crippen LogP contribution < -0.4 is 5.63 Å². The maximum atomic E-state index is 13.1. The Labute approximate surface area is 164 Å². The van der Waals surface area contributed by atoms with Gasteiger partial charge in [-0.05, 0) is 42.8 Å². The number of nitrogens with zero attached hydrogens (tertiary/aromatic N) is 2. The molecule has 4 rings (SSSR count). The van der Waals surface area contributed by atoms with Crippen molar-refractivity contribution < 1.29 is 12.8 Å². The van der Waals surface area contributed by atoms with Gasteiger partial charge < -0.3 is 4.42 Å². The Kier molecular flexibility index (Phi) is 5.30. The lowest BCUT2D eigenvalue weighted by atomic mass is 10.2. The maximum absolute atomic E-state index is 13.1. The van der Waals surface area contributed by atoms with Crippen molar-refractivity contribution in [3.05, 3.63) is 76.6 Å². The summed E-state index contributed by atoms with van der Waals surface area (Å²) in [5.74, 6) is 0. The minimum absolute atomic E-state index is 0.227. The average molecular weight is 398 g/mol. The molecule has 3 aromatic rings. The summed E-state index contributed by atoms with van der Waals surface area (Å²) in [6.07, 6.45) is 0.786. The van der Waals surface area contributed by atoms with Crippen LogP contribution in [0.3, 0.4) is 0 Å². The van der Waals surface area contributed by atoms with Crippen LogP contribution in [0.5, 0.6) is 0 Å². The molecule has 7 heteroatoms. The largest absolute Gasteiger partial charge is 0.423 e. The highest BCUT2D eigenvalue weighted by atomic mass is 32.2. The molecule has 1 aliphatic heterocycles. The van der Waals surface area contributed by atoms with Crippen molar-refractivity contribution in [3.63, 3.8) is 0 Å².